The van der Waals surface area contributed by atoms with E-state index in [1.165, 1.54) is 0 Å². The molecule has 0 aliphatic carbocycles. The smallest absolute Gasteiger partial charge is 0.223 e. The van der Waals surface area contributed by atoms with Gasteiger partial charge in [-0.3, -0.25) is 4.79 Å². The molecule has 0 unspecified atom stereocenters. The SMILES string of the molecule is COc1ccccc1OCCC(=O)NCCn1c(C)nc2ccccc21. The van der Waals surface area contributed by atoms with Crippen molar-refractivity contribution in [3.05, 3.63) is 54.4 Å². The standard InChI is InChI=1S/C20H23N3O3/c1-15-22-16-7-3-4-8-17(16)23(15)13-12-21-20(24)11-14-26-19-10-6-5-9-18(19)25-2/h3-10H,11-14H2,1-2H3,(H,21,24). The fraction of sp³-hybridized carbons (Fsp3) is 0.300. The number of fused-ring (bicyclic) bond motifs is 1. The van der Waals surface area contributed by atoms with Crippen LogP contribution in [-0.4, -0.2) is 35.7 Å². The van der Waals surface area contributed by atoms with Crippen molar-refractivity contribution in [2.24, 2.45) is 0 Å². The normalized spacial score (nSPS) is 10.7. The van der Waals surface area contributed by atoms with Gasteiger partial charge in [-0.2, -0.15) is 0 Å². The Balaban J connectivity index is 1.45. The number of ether oxygens (including phenoxy) is 2. The Morgan fingerprint density at radius 2 is 1.85 bits per heavy atom. The van der Waals surface area contributed by atoms with Crippen LogP contribution in [0.25, 0.3) is 11.0 Å². The Morgan fingerprint density at radius 1 is 1.12 bits per heavy atom. The number of para-hydroxylation sites is 4. The van der Waals surface area contributed by atoms with Crippen molar-refractivity contribution in [1.82, 2.24) is 14.9 Å². The van der Waals surface area contributed by atoms with E-state index in [9.17, 15) is 4.79 Å². The van der Waals surface area contributed by atoms with Crippen molar-refractivity contribution >= 4 is 16.9 Å². The molecule has 1 amide bonds. The summed E-state index contributed by atoms with van der Waals surface area (Å²) in [7, 11) is 1.59. The molecule has 0 spiro atoms. The van der Waals surface area contributed by atoms with E-state index < -0.39 is 0 Å². The number of benzene rings is 2. The number of imidazole rings is 1. The van der Waals surface area contributed by atoms with Crippen molar-refractivity contribution in [2.45, 2.75) is 19.9 Å². The molecule has 0 bridgehead atoms. The minimum Gasteiger partial charge on any atom is -0.493 e. The van der Waals surface area contributed by atoms with Crippen molar-refractivity contribution in [2.75, 3.05) is 20.3 Å². The lowest BCUT2D eigenvalue weighted by molar-refractivity contribution is -0.121. The Bertz CT molecular complexity index is 889. The van der Waals surface area contributed by atoms with E-state index in [-0.39, 0.29) is 5.91 Å². The van der Waals surface area contributed by atoms with Gasteiger partial charge >= 0.3 is 0 Å². The molecule has 0 saturated carbocycles. The van der Waals surface area contributed by atoms with Crippen LogP contribution in [0.5, 0.6) is 11.5 Å². The van der Waals surface area contributed by atoms with E-state index in [2.05, 4.69) is 14.9 Å². The third kappa shape index (κ3) is 4.14. The molecule has 0 fully saturated rings. The van der Waals surface area contributed by atoms with Gasteiger partial charge in [-0.1, -0.05) is 24.3 Å². The van der Waals surface area contributed by atoms with Crippen LogP contribution in [0.1, 0.15) is 12.2 Å². The quantitative estimate of drug-likeness (QED) is 0.676. The van der Waals surface area contributed by atoms with Crippen molar-refractivity contribution in [1.29, 1.82) is 0 Å². The monoisotopic (exact) mass is 353 g/mol. The minimum atomic E-state index is -0.0398. The highest BCUT2D eigenvalue weighted by Gasteiger charge is 2.08. The lowest BCUT2D eigenvalue weighted by Crippen LogP contribution is -2.28. The number of carbonyl (C=O) groups excluding carboxylic acids is 1. The zero-order valence-electron chi connectivity index (χ0n) is 15.1. The molecule has 0 aliphatic rings. The molecule has 0 aliphatic heterocycles. The van der Waals surface area contributed by atoms with Crippen LogP contribution >= 0.6 is 0 Å². The van der Waals surface area contributed by atoms with Gasteiger partial charge in [0, 0.05) is 13.1 Å². The number of hydrogen-bond acceptors (Lipinski definition) is 4. The fourth-order valence-corrected chi connectivity index (χ4v) is 2.87. The Morgan fingerprint density at radius 3 is 2.65 bits per heavy atom. The number of carbonyl (C=O) groups is 1. The van der Waals surface area contributed by atoms with Crippen molar-refractivity contribution in [3.8, 4) is 11.5 Å². The maximum atomic E-state index is 12.0. The van der Waals surface area contributed by atoms with E-state index in [1.807, 2.05) is 55.5 Å². The van der Waals surface area contributed by atoms with Gasteiger partial charge in [-0.15, -0.1) is 0 Å². The molecule has 1 aromatic heterocycles. The van der Waals surface area contributed by atoms with E-state index >= 15 is 0 Å². The molecule has 6 heteroatoms. The third-order valence-electron chi connectivity index (χ3n) is 4.16. The number of amides is 1. The average molecular weight is 353 g/mol. The average Bonchev–Trinajstić information content (AvgIpc) is 2.97. The number of aromatic nitrogens is 2. The molecule has 0 atom stereocenters. The molecule has 2 aromatic carbocycles. The van der Waals surface area contributed by atoms with Crippen molar-refractivity contribution in [3.63, 3.8) is 0 Å². The summed E-state index contributed by atoms with van der Waals surface area (Å²) in [4.78, 5) is 16.5. The molecule has 6 nitrogen and oxygen atoms in total. The van der Waals surface area contributed by atoms with Crippen LogP contribution in [0.3, 0.4) is 0 Å². The molecule has 0 saturated heterocycles. The first kappa shape index (κ1) is 17.8. The number of hydrogen-bond donors (Lipinski definition) is 1. The van der Waals surface area contributed by atoms with Gasteiger partial charge in [0.1, 0.15) is 5.82 Å². The first-order valence-corrected chi connectivity index (χ1v) is 8.63. The molecular weight excluding hydrogens is 330 g/mol. The Labute approximate surface area is 152 Å². The van der Waals surface area contributed by atoms with E-state index in [1.54, 1.807) is 7.11 Å². The number of nitrogens with zero attached hydrogens (tertiary/aromatic N) is 2. The molecule has 1 N–H and O–H groups in total. The Kier molecular flexibility index (Phi) is 5.73. The van der Waals surface area contributed by atoms with Crippen LogP contribution < -0.4 is 14.8 Å². The number of nitrogens with one attached hydrogen (secondary N) is 1. The van der Waals surface area contributed by atoms with E-state index in [0.29, 0.717) is 37.6 Å². The van der Waals surface area contributed by atoms with Crippen LogP contribution in [0.4, 0.5) is 0 Å². The number of rotatable bonds is 8. The number of methoxy groups -OCH3 is 1. The van der Waals surface area contributed by atoms with Gasteiger partial charge in [-0.05, 0) is 31.2 Å². The second-order valence-electron chi connectivity index (χ2n) is 5.90. The second-order valence-corrected chi connectivity index (χ2v) is 5.90. The summed E-state index contributed by atoms with van der Waals surface area (Å²) >= 11 is 0. The molecule has 0 radical (unpaired) electrons. The molecule has 3 rings (SSSR count). The Hall–Kier alpha value is -3.02. The fourth-order valence-electron chi connectivity index (χ4n) is 2.87. The topological polar surface area (TPSA) is 65.4 Å². The summed E-state index contributed by atoms with van der Waals surface area (Å²) < 4.78 is 13.0. The lowest BCUT2D eigenvalue weighted by atomic mass is 10.3. The largest absolute Gasteiger partial charge is 0.493 e. The molecule has 3 aromatic rings. The maximum Gasteiger partial charge on any atom is 0.223 e. The van der Waals surface area contributed by atoms with Crippen LogP contribution in [0.15, 0.2) is 48.5 Å². The van der Waals surface area contributed by atoms with E-state index in [0.717, 1.165) is 16.9 Å². The van der Waals surface area contributed by atoms with Gasteiger partial charge in [-0.25, -0.2) is 4.98 Å². The summed E-state index contributed by atoms with van der Waals surface area (Å²) in [5, 5.41) is 2.93. The zero-order valence-corrected chi connectivity index (χ0v) is 15.1. The zero-order chi connectivity index (χ0) is 18.4. The van der Waals surface area contributed by atoms with Crippen LogP contribution in [-0.2, 0) is 11.3 Å². The predicted molar refractivity (Wildman–Crippen MR) is 101 cm³/mol. The highest BCUT2D eigenvalue weighted by atomic mass is 16.5. The predicted octanol–water partition coefficient (Wildman–Crippen LogP) is 2.94. The first-order valence-electron chi connectivity index (χ1n) is 8.63. The van der Waals surface area contributed by atoms with Gasteiger partial charge < -0.3 is 19.4 Å². The molecule has 1 heterocycles. The van der Waals surface area contributed by atoms with Gasteiger partial charge in [0.05, 0.1) is 31.2 Å². The van der Waals surface area contributed by atoms with Gasteiger partial charge in [0.2, 0.25) is 5.91 Å². The molecule has 136 valence electrons. The highest BCUT2D eigenvalue weighted by molar-refractivity contribution is 5.76. The van der Waals surface area contributed by atoms with E-state index in [4.69, 9.17) is 9.47 Å². The molecular formula is C20H23N3O3. The second kappa shape index (κ2) is 8.38. The summed E-state index contributed by atoms with van der Waals surface area (Å²) in [6.45, 7) is 3.52. The third-order valence-corrected chi connectivity index (χ3v) is 4.16. The summed E-state index contributed by atoms with van der Waals surface area (Å²) in [6, 6.07) is 15.4. The van der Waals surface area contributed by atoms with Crippen LogP contribution in [0, 0.1) is 6.92 Å². The highest BCUT2D eigenvalue weighted by Crippen LogP contribution is 2.25. The maximum absolute atomic E-state index is 12.0. The summed E-state index contributed by atoms with van der Waals surface area (Å²) in [5.41, 5.74) is 2.06. The number of aryl methyl sites for hydroxylation is 1. The van der Waals surface area contributed by atoms with Gasteiger partial charge in [0.25, 0.3) is 0 Å². The summed E-state index contributed by atoms with van der Waals surface area (Å²) in [5.74, 6) is 2.21. The lowest BCUT2D eigenvalue weighted by Gasteiger charge is -2.11. The minimum absolute atomic E-state index is 0.0398. The van der Waals surface area contributed by atoms with Crippen molar-refractivity contribution < 1.29 is 14.3 Å². The summed E-state index contributed by atoms with van der Waals surface area (Å²) in [6.07, 6.45) is 0.293. The first-order chi connectivity index (χ1) is 12.7. The van der Waals surface area contributed by atoms with Crippen LogP contribution in [0.2, 0.25) is 0 Å². The van der Waals surface area contributed by atoms with Gasteiger partial charge in [0.15, 0.2) is 11.5 Å². The molecule has 26 heavy (non-hydrogen) atoms.